The van der Waals surface area contributed by atoms with Crippen molar-refractivity contribution in [3.8, 4) is 0 Å². The highest BCUT2D eigenvalue weighted by atomic mass is 16.5. The molecule has 1 fully saturated rings. The molecular weight excluding hydrogens is 210 g/mol. The zero-order valence-electron chi connectivity index (χ0n) is 9.73. The highest BCUT2D eigenvalue weighted by molar-refractivity contribution is 5.76. The Bertz CT molecular complexity index is 292. The Hall–Kier alpha value is -1.10. The van der Waals surface area contributed by atoms with Crippen LogP contribution in [0.1, 0.15) is 39.5 Å². The number of rotatable bonds is 3. The highest BCUT2D eigenvalue weighted by Crippen LogP contribution is 2.38. The number of esters is 1. The predicted octanol–water partition coefficient (Wildman–Crippen LogP) is 0.910. The second-order valence-electron chi connectivity index (χ2n) is 4.54. The number of hydrogen-bond donors (Lipinski definition) is 2. The number of nitrogens with two attached hydrogens (primary N) is 1. The summed E-state index contributed by atoms with van der Waals surface area (Å²) in [5.74, 6) is -1.34. The molecule has 1 aliphatic rings. The summed E-state index contributed by atoms with van der Waals surface area (Å²) in [7, 11) is 0. The number of carboxylic acid groups (broad SMARTS) is 1. The van der Waals surface area contributed by atoms with E-state index >= 15 is 0 Å². The minimum absolute atomic E-state index is 0.235. The molecule has 5 heteroatoms. The van der Waals surface area contributed by atoms with E-state index in [0.717, 1.165) is 6.42 Å². The van der Waals surface area contributed by atoms with E-state index in [4.69, 9.17) is 10.5 Å². The van der Waals surface area contributed by atoms with Crippen molar-refractivity contribution in [3.63, 3.8) is 0 Å². The van der Waals surface area contributed by atoms with Gasteiger partial charge < -0.3 is 15.6 Å². The van der Waals surface area contributed by atoms with Crippen molar-refractivity contribution in [2.24, 2.45) is 11.1 Å². The zero-order valence-corrected chi connectivity index (χ0v) is 9.73. The molecule has 0 aromatic carbocycles. The summed E-state index contributed by atoms with van der Waals surface area (Å²) in [6.07, 6.45) is 1.47. The molecule has 3 atom stereocenters. The van der Waals surface area contributed by atoms with Crippen molar-refractivity contribution in [2.45, 2.75) is 51.7 Å². The van der Waals surface area contributed by atoms with E-state index in [2.05, 4.69) is 0 Å². The van der Waals surface area contributed by atoms with Crippen LogP contribution in [-0.2, 0) is 14.3 Å². The fraction of sp³-hybridized carbons (Fsp3) is 0.818. The van der Waals surface area contributed by atoms with Gasteiger partial charge in [-0.25, -0.2) is 0 Å². The Morgan fingerprint density at radius 1 is 1.56 bits per heavy atom. The van der Waals surface area contributed by atoms with Gasteiger partial charge in [0.2, 0.25) is 0 Å². The smallest absolute Gasteiger partial charge is 0.313 e. The van der Waals surface area contributed by atoms with E-state index in [1.54, 1.807) is 13.8 Å². The maximum Gasteiger partial charge on any atom is 0.313 e. The van der Waals surface area contributed by atoms with Crippen LogP contribution >= 0.6 is 0 Å². The normalized spacial score (nSPS) is 34.4. The highest BCUT2D eigenvalue weighted by Gasteiger charge is 2.49. The lowest BCUT2D eigenvalue weighted by molar-refractivity contribution is -0.173. The number of ether oxygens (including phenoxy) is 1. The van der Waals surface area contributed by atoms with Crippen molar-refractivity contribution >= 4 is 11.9 Å². The molecule has 1 saturated carbocycles. The van der Waals surface area contributed by atoms with Gasteiger partial charge >= 0.3 is 11.9 Å². The lowest BCUT2D eigenvalue weighted by Gasteiger charge is -2.40. The van der Waals surface area contributed by atoms with Gasteiger partial charge in [0, 0.05) is 12.5 Å². The molecule has 1 aliphatic carbocycles. The van der Waals surface area contributed by atoms with Crippen LogP contribution in [0.5, 0.6) is 0 Å². The quantitative estimate of drug-likeness (QED) is 0.702. The standard InChI is InChI=1S/C11H19NO4/c1-3-8(13)16-9-7(12)5-4-6-11(9,2)10(14)15/h7,9H,3-6,12H2,1-2H3,(H,14,15). The van der Waals surface area contributed by atoms with Gasteiger partial charge in [0.1, 0.15) is 11.5 Å². The van der Waals surface area contributed by atoms with Gasteiger partial charge in [0.05, 0.1) is 0 Å². The average molecular weight is 229 g/mol. The molecule has 0 radical (unpaired) electrons. The van der Waals surface area contributed by atoms with Gasteiger partial charge in [-0.3, -0.25) is 9.59 Å². The molecule has 0 aliphatic heterocycles. The number of aliphatic carboxylic acids is 1. The first kappa shape index (κ1) is 13.0. The minimum Gasteiger partial charge on any atom is -0.481 e. The molecule has 0 bridgehead atoms. The van der Waals surface area contributed by atoms with Crippen molar-refractivity contribution < 1.29 is 19.4 Å². The molecular formula is C11H19NO4. The van der Waals surface area contributed by atoms with Gasteiger partial charge in [0.15, 0.2) is 0 Å². The average Bonchev–Trinajstić information content (AvgIpc) is 2.23. The third-order valence-corrected chi connectivity index (χ3v) is 3.29. The second-order valence-corrected chi connectivity index (χ2v) is 4.54. The number of carbonyl (C=O) groups is 2. The Balaban J connectivity index is 2.87. The Morgan fingerprint density at radius 3 is 2.69 bits per heavy atom. The lowest BCUT2D eigenvalue weighted by Crippen LogP contribution is -2.55. The minimum atomic E-state index is -1.05. The van der Waals surface area contributed by atoms with Crippen LogP contribution in [0.3, 0.4) is 0 Å². The first-order valence-electron chi connectivity index (χ1n) is 5.60. The molecule has 0 saturated heterocycles. The van der Waals surface area contributed by atoms with E-state index in [9.17, 15) is 14.7 Å². The first-order valence-corrected chi connectivity index (χ1v) is 5.60. The summed E-state index contributed by atoms with van der Waals surface area (Å²) in [6.45, 7) is 3.27. The first-order chi connectivity index (χ1) is 7.41. The van der Waals surface area contributed by atoms with Crippen molar-refractivity contribution in [1.82, 2.24) is 0 Å². The van der Waals surface area contributed by atoms with Crippen molar-refractivity contribution in [3.05, 3.63) is 0 Å². The summed E-state index contributed by atoms with van der Waals surface area (Å²) >= 11 is 0. The Kier molecular flexibility index (Phi) is 3.91. The topological polar surface area (TPSA) is 89.6 Å². The lowest BCUT2D eigenvalue weighted by atomic mass is 9.71. The van der Waals surface area contributed by atoms with E-state index in [0.29, 0.717) is 12.8 Å². The monoisotopic (exact) mass is 229 g/mol. The van der Waals surface area contributed by atoms with Crippen LogP contribution in [0.25, 0.3) is 0 Å². The molecule has 0 aromatic heterocycles. The van der Waals surface area contributed by atoms with Gasteiger partial charge in [-0.1, -0.05) is 13.3 Å². The summed E-state index contributed by atoms with van der Waals surface area (Å²) < 4.78 is 5.18. The maximum absolute atomic E-state index is 11.3. The van der Waals surface area contributed by atoms with Crippen molar-refractivity contribution in [2.75, 3.05) is 0 Å². The predicted molar refractivity (Wildman–Crippen MR) is 57.7 cm³/mol. The Morgan fingerprint density at radius 2 is 2.19 bits per heavy atom. The van der Waals surface area contributed by atoms with Gasteiger partial charge in [-0.05, 0) is 19.8 Å². The summed E-state index contributed by atoms with van der Waals surface area (Å²) in [5.41, 5.74) is 4.80. The summed E-state index contributed by atoms with van der Waals surface area (Å²) in [6, 6.07) is -0.384. The van der Waals surface area contributed by atoms with Gasteiger partial charge in [-0.2, -0.15) is 0 Å². The molecule has 0 amide bonds. The fourth-order valence-corrected chi connectivity index (χ4v) is 2.14. The second kappa shape index (κ2) is 4.82. The Labute approximate surface area is 95.0 Å². The SMILES string of the molecule is CCC(=O)OC1C(N)CCCC1(C)C(=O)O. The van der Waals surface area contributed by atoms with Crippen LogP contribution in [-0.4, -0.2) is 29.2 Å². The van der Waals surface area contributed by atoms with Crippen LogP contribution in [0.15, 0.2) is 0 Å². The molecule has 0 heterocycles. The molecule has 0 aromatic rings. The van der Waals surface area contributed by atoms with Gasteiger partial charge in [0.25, 0.3) is 0 Å². The van der Waals surface area contributed by atoms with E-state index in [-0.39, 0.29) is 12.5 Å². The summed E-state index contributed by atoms with van der Waals surface area (Å²) in [4.78, 5) is 22.5. The maximum atomic E-state index is 11.3. The van der Waals surface area contributed by atoms with Crippen LogP contribution in [0.4, 0.5) is 0 Å². The van der Waals surface area contributed by atoms with E-state index in [1.807, 2.05) is 0 Å². The van der Waals surface area contributed by atoms with Crippen LogP contribution in [0.2, 0.25) is 0 Å². The third kappa shape index (κ3) is 2.35. The van der Waals surface area contributed by atoms with Gasteiger partial charge in [-0.15, -0.1) is 0 Å². The summed E-state index contributed by atoms with van der Waals surface area (Å²) in [5, 5.41) is 9.22. The third-order valence-electron chi connectivity index (χ3n) is 3.29. The molecule has 0 spiro atoms. The van der Waals surface area contributed by atoms with E-state index < -0.39 is 23.5 Å². The fourth-order valence-electron chi connectivity index (χ4n) is 2.14. The van der Waals surface area contributed by atoms with Crippen LogP contribution in [0, 0.1) is 5.41 Å². The van der Waals surface area contributed by atoms with E-state index in [1.165, 1.54) is 0 Å². The number of carboxylic acids is 1. The molecule has 1 rings (SSSR count). The van der Waals surface area contributed by atoms with Crippen LogP contribution < -0.4 is 5.73 Å². The number of carbonyl (C=O) groups excluding carboxylic acids is 1. The molecule has 3 unspecified atom stereocenters. The molecule has 92 valence electrons. The largest absolute Gasteiger partial charge is 0.481 e. The number of hydrogen-bond acceptors (Lipinski definition) is 4. The zero-order chi connectivity index (χ0) is 12.3. The molecule has 16 heavy (non-hydrogen) atoms. The molecule has 5 nitrogen and oxygen atoms in total. The molecule has 3 N–H and O–H groups in total. The van der Waals surface area contributed by atoms with Crippen molar-refractivity contribution in [1.29, 1.82) is 0 Å².